The number of nitrogens with zero attached hydrogens (tertiary/aromatic N) is 1. The fraction of sp³-hybridized carbons (Fsp3) is 0.333. The molecule has 2 aromatic rings. The van der Waals surface area contributed by atoms with Gasteiger partial charge in [-0.05, 0) is 36.1 Å². The van der Waals surface area contributed by atoms with Gasteiger partial charge in [0.1, 0.15) is 0 Å². The van der Waals surface area contributed by atoms with Crippen molar-refractivity contribution in [3.63, 3.8) is 0 Å². The molecule has 1 aromatic carbocycles. The van der Waals surface area contributed by atoms with Crippen LogP contribution in [0.2, 0.25) is 0 Å². The third-order valence-corrected chi connectivity index (χ3v) is 4.78. The lowest BCUT2D eigenvalue weighted by atomic mass is 9.89. The lowest BCUT2D eigenvalue weighted by Gasteiger charge is -2.16. The molecule has 4 heteroatoms. The molecule has 3 nitrogen and oxygen atoms in total. The van der Waals surface area contributed by atoms with Crippen LogP contribution in [0, 0.1) is 6.92 Å². The molecule has 0 radical (unpaired) electrons. The van der Waals surface area contributed by atoms with Gasteiger partial charge >= 0.3 is 0 Å². The Morgan fingerprint density at radius 2 is 1.58 bits per heavy atom. The molecule has 0 fully saturated rings. The highest BCUT2D eigenvalue weighted by atomic mass is 32.2. The molecule has 0 bridgehead atoms. The summed E-state index contributed by atoms with van der Waals surface area (Å²) in [5.41, 5.74) is 1.98. The van der Waals surface area contributed by atoms with E-state index in [1.54, 1.807) is 36.7 Å². The monoisotopic (exact) mass is 277 g/mol. The predicted molar refractivity (Wildman–Crippen MR) is 76.9 cm³/mol. The molecular formula is C15H19NO2S. The summed E-state index contributed by atoms with van der Waals surface area (Å²) < 4.78 is 26.2. The largest absolute Gasteiger partial charge is 0.267 e. The summed E-state index contributed by atoms with van der Waals surface area (Å²) in [7, 11) is -3.48. The molecule has 0 aliphatic carbocycles. The zero-order chi connectivity index (χ0) is 14.3. The van der Waals surface area contributed by atoms with Gasteiger partial charge in [-0.2, -0.15) is 0 Å². The molecule has 0 aliphatic rings. The van der Waals surface area contributed by atoms with Crippen LogP contribution in [0.1, 0.15) is 31.9 Å². The average molecular weight is 277 g/mol. The molecule has 19 heavy (non-hydrogen) atoms. The quantitative estimate of drug-likeness (QED) is 0.844. The SMILES string of the molecule is Cc1ccc(S(=O)(=O)n2ccc(C(C)(C)C)c2)cc1. The molecule has 2 rings (SSSR count). The Labute approximate surface area is 114 Å². The molecule has 1 heterocycles. The van der Waals surface area contributed by atoms with Crippen LogP contribution < -0.4 is 0 Å². The Morgan fingerprint density at radius 3 is 2.05 bits per heavy atom. The van der Waals surface area contributed by atoms with Crippen molar-refractivity contribution in [2.75, 3.05) is 0 Å². The summed E-state index contributed by atoms with van der Waals surface area (Å²) in [5, 5.41) is 0. The topological polar surface area (TPSA) is 39.1 Å². The highest BCUT2D eigenvalue weighted by Gasteiger charge is 2.20. The van der Waals surface area contributed by atoms with Crippen molar-refractivity contribution in [3.05, 3.63) is 53.9 Å². The summed E-state index contributed by atoms with van der Waals surface area (Å²) in [6.07, 6.45) is 3.30. The Balaban J connectivity index is 2.46. The van der Waals surface area contributed by atoms with Gasteiger partial charge < -0.3 is 0 Å². The second-order valence-electron chi connectivity index (χ2n) is 5.80. The van der Waals surface area contributed by atoms with Crippen molar-refractivity contribution in [1.29, 1.82) is 0 Å². The highest BCUT2D eigenvalue weighted by molar-refractivity contribution is 7.90. The minimum atomic E-state index is -3.48. The summed E-state index contributed by atoms with van der Waals surface area (Å²) in [6.45, 7) is 8.12. The zero-order valence-corrected chi connectivity index (χ0v) is 12.5. The van der Waals surface area contributed by atoms with Crippen LogP contribution >= 0.6 is 0 Å². The maximum Gasteiger partial charge on any atom is 0.267 e. The lowest BCUT2D eigenvalue weighted by Crippen LogP contribution is -2.13. The smallest absolute Gasteiger partial charge is 0.249 e. The van der Waals surface area contributed by atoms with Gasteiger partial charge in [-0.15, -0.1) is 0 Å². The van der Waals surface area contributed by atoms with Crippen molar-refractivity contribution < 1.29 is 8.42 Å². The molecule has 0 saturated heterocycles. The van der Waals surface area contributed by atoms with Crippen molar-refractivity contribution >= 4 is 10.0 Å². The van der Waals surface area contributed by atoms with Gasteiger partial charge in [0.05, 0.1) is 4.90 Å². The van der Waals surface area contributed by atoms with E-state index in [4.69, 9.17) is 0 Å². The summed E-state index contributed by atoms with van der Waals surface area (Å²) >= 11 is 0. The number of rotatable bonds is 2. The van der Waals surface area contributed by atoms with Crippen LogP contribution in [0.3, 0.4) is 0 Å². The zero-order valence-electron chi connectivity index (χ0n) is 11.7. The van der Waals surface area contributed by atoms with Gasteiger partial charge in [0.25, 0.3) is 10.0 Å². The van der Waals surface area contributed by atoms with Crippen molar-refractivity contribution in [2.45, 2.75) is 38.0 Å². The van der Waals surface area contributed by atoms with Crippen LogP contribution in [0.4, 0.5) is 0 Å². The Bertz CT molecular complexity index is 674. The first-order valence-corrected chi connectivity index (χ1v) is 7.66. The Hall–Kier alpha value is -1.55. The van der Waals surface area contributed by atoms with E-state index in [0.717, 1.165) is 11.1 Å². The molecule has 0 unspecified atom stereocenters. The van der Waals surface area contributed by atoms with Gasteiger partial charge in [0.2, 0.25) is 0 Å². The average Bonchev–Trinajstić information content (AvgIpc) is 2.79. The normalized spacial score (nSPS) is 12.6. The van der Waals surface area contributed by atoms with E-state index in [1.807, 2.05) is 13.0 Å². The van der Waals surface area contributed by atoms with Crippen LogP contribution in [0.5, 0.6) is 0 Å². The summed E-state index contributed by atoms with van der Waals surface area (Å²) in [4.78, 5) is 0.314. The molecule has 0 amide bonds. The highest BCUT2D eigenvalue weighted by Crippen LogP contribution is 2.24. The molecule has 0 spiro atoms. The minimum Gasteiger partial charge on any atom is -0.249 e. The van der Waals surface area contributed by atoms with E-state index in [-0.39, 0.29) is 5.41 Å². The maximum atomic E-state index is 12.4. The van der Waals surface area contributed by atoms with Crippen molar-refractivity contribution in [2.24, 2.45) is 0 Å². The van der Waals surface area contributed by atoms with E-state index in [2.05, 4.69) is 20.8 Å². The van der Waals surface area contributed by atoms with Gasteiger partial charge in [0, 0.05) is 12.4 Å². The second kappa shape index (κ2) is 4.53. The number of hydrogen-bond donors (Lipinski definition) is 0. The molecular weight excluding hydrogens is 258 g/mol. The van der Waals surface area contributed by atoms with E-state index < -0.39 is 10.0 Å². The van der Waals surface area contributed by atoms with Crippen molar-refractivity contribution in [1.82, 2.24) is 3.97 Å². The molecule has 0 atom stereocenters. The van der Waals surface area contributed by atoms with Gasteiger partial charge in [0.15, 0.2) is 0 Å². The summed E-state index contributed by atoms with van der Waals surface area (Å²) in [5.74, 6) is 0. The van der Waals surface area contributed by atoms with Gasteiger partial charge in [-0.25, -0.2) is 12.4 Å². The van der Waals surface area contributed by atoms with E-state index >= 15 is 0 Å². The fourth-order valence-corrected chi connectivity index (χ4v) is 3.00. The van der Waals surface area contributed by atoms with Crippen LogP contribution in [0.15, 0.2) is 47.6 Å². The first-order chi connectivity index (χ1) is 8.71. The third-order valence-electron chi connectivity index (χ3n) is 3.13. The van der Waals surface area contributed by atoms with Crippen LogP contribution in [-0.4, -0.2) is 12.4 Å². The molecule has 0 N–H and O–H groups in total. The third kappa shape index (κ3) is 2.73. The standard InChI is InChI=1S/C15H19NO2S/c1-12-5-7-14(8-6-12)19(17,18)16-10-9-13(11-16)15(2,3)4/h5-11H,1-4H3. The van der Waals surface area contributed by atoms with Gasteiger partial charge in [-0.1, -0.05) is 38.5 Å². The van der Waals surface area contributed by atoms with Crippen LogP contribution in [-0.2, 0) is 15.4 Å². The Kier molecular flexibility index (Phi) is 3.31. The van der Waals surface area contributed by atoms with Crippen LogP contribution in [0.25, 0.3) is 0 Å². The van der Waals surface area contributed by atoms with Crippen molar-refractivity contribution in [3.8, 4) is 0 Å². The number of benzene rings is 1. The molecule has 1 aromatic heterocycles. The maximum absolute atomic E-state index is 12.4. The number of aryl methyl sites for hydroxylation is 1. The minimum absolute atomic E-state index is 0.0615. The fourth-order valence-electron chi connectivity index (χ4n) is 1.80. The first kappa shape index (κ1) is 13.9. The molecule has 0 aliphatic heterocycles. The van der Waals surface area contributed by atoms with E-state index in [9.17, 15) is 8.42 Å². The lowest BCUT2D eigenvalue weighted by molar-refractivity contribution is 0.582. The van der Waals surface area contributed by atoms with E-state index in [1.165, 1.54) is 3.97 Å². The first-order valence-electron chi connectivity index (χ1n) is 6.22. The number of aromatic nitrogens is 1. The molecule has 0 saturated carbocycles. The van der Waals surface area contributed by atoms with Gasteiger partial charge in [-0.3, -0.25) is 0 Å². The predicted octanol–water partition coefficient (Wildman–Crippen LogP) is 3.33. The van der Waals surface area contributed by atoms with E-state index in [0.29, 0.717) is 4.90 Å². The molecule has 102 valence electrons. The Morgan fingerprint density at radius 1 is 1.00 bits per heavy atom. The number of hydrogen-bond acceptors (Lipinski definition) is 2. The second-order valence-corrected chi connectivity index (χ2v) is 7.64. The summed E-state index contributed by atoms with van der Waals surface area (Å²) in [6, 6.07) is 8.75.